The molecule has 2 aromatic carbocycles. The van der Waals surface area contributed by atoms with E-state index in [-0.39, 0.29) is 0 Å². The Hall–Kier alpha value is -1.57. The van der Waals surface area contributed by atoms with Crippen molar-refractivity contribution in [2.75, 3.05) is 0 Å². The maximum Gasteiger partial charge on any atom is 0.178 e. The van der Waals surface area contributed by atoms with Gasteiger partial charge >= 0.3 is 0 Å². The predicted molar refractivity (Wildman–Crippen MR) is 86.4 cm³/mol. The van der Waals surface area contributed by atoms with Crippen molar-refractivity contribution in [1.82, 2.24) is 0 Å². The predicted octanol–water partition coefficient (Wildman–Crippen LogP) is 5.69. The molecule has 0 amide bonds. The number of rotatable bonds is 2. The van der Waals surface area contributed by atoms with Gasteiger partial charge in [-0.25, -0.2) is 0 Å². The van der Waals surface area contributed by atoms with Crippen LogP contribution in [0, 0.1) is 11.3 Å². The highest BCUT2D eigenvalue weighted by molar-refractivity contribution is 9.11. The third-order valence-corrected chi connectivity index (χ3v) is 4.25. The van der Waals surface area contributed by atoms with Gasteiger partial charge in [-0.3, -0.25) is 0 Å². The zero-order valence-corrected chi connectivity index (χ0v) is 13.5. The first kappa shape index (κ1) is 13.4. The number of benzene rings is 2. The zero-order valence-electron chi connectivity index (χ0n) is 10.4. The number of halogens is 2. The lowest BCUT2D eigenvalue weighted by Crippen LogP contribution is -1.83. The fourth-order valence-corrected chi connectivity index (χ4v) is 3.45. The molecule has 0 saturated heterocycles. The molecule has 0 N–H and O–H groups in total. The Morgan fingerprint density at radius 3 is 2.55 bits per heavy atom. The van der Waals surface area contributed by atoms with Crippen LogP contribution in [0.15, 0.2) is 56.0 Å². The van der Waals surface area contributed by atoms with Crippen LogP contribution in [0.4, 0.5) is 0 Å². The van der Waals surface area contributed by atoms with Crippen molar-refractivity contribution < 1.29 is 4.42 Å². The summed E-state index contributed by atoms with van der Waals surface area (Å²) < 4.78 is 7.37. The lowest BCUT2D eigenvalue weighted by atomic mass is 10.0. The molecule has 0 fully saturated rings. The van der Waals surface area contributed by atoms with Gasteiger partial charge < -0.3 is 4.42 Å². The summed E-state index contributed by atoms with van der Waals surface area (Å²) >= 11 is 7.01. The molecule has 1 aromatic heterocycles. The molecule has 1 heterocycles. The Bertz CT molecular complexity index is 816. The topological polar surface area (TPSA) is 36.9 Å². The number of nitriles is 1. The van der Waals surface area contributed by atoms with Crippen LogP contribution in [0.2, 0.25) is 0 Å². The van der Waals surface area contributed by atoms with Gasteiger partial charge in [0.2, 0.25) is 0 Å². The van der Waals surface area contributed by atoms with Crippen LogP contribution in [0.3, 0.4) is 0 Å². The van der Waals surface area contributed by atoms with Gasteiger partial charge in [-0.15, -0.1) is 0 Å². The average Bonchev–Trinajstić information content (AvgIpc) is 2.77. The summed E-state index contributed by atoms with van der Waals surface area (Å²) in [6.07, 6.45) is 0.381. The van der Waals surface area contributed by atoms with Gasteiger partial charge in [0.25, 0.3) is 0 Å². The second kappa shape index (κ2) is 5.43. The van der Waals surface area contributed by atoms with Crippen molar-refractivity contribution in [3.63, 3.8) is 0 Å². The van der Waals surface area contributed by atoms with Crippen LogP contribution < -0.4 is 0 Å². The molecule has 0 atom stereocenters. The highest BCUT2D eigenvalue weighted by Crippen LogP contribution is 2.41. The molecule has 2 nitrogen and oxygen atoms in total. The Kier molecular flexibility index (Phi) is 3.64. The summed E-state index contributed by atoms with van der Waals surface area (Å²) in [6.45, 7) is 0. The maximum absolute atomic E-state index is 8.88. The van der Waals surface area contributed by atoms with Crippen LogP contribution in [0.5, 0.6) is 0 Å². The lowest BCUT2D eigenvalue weighted by molar-refractivity contribution is 0.587. The summed E-state index contributed by atoms with van der Waals surface area (Å²) in [5, 5.41) is 9.88. The van der Waals surface area contributed by atoms with E-state index in [0.717, 1.165) is 32.1 Å². The monoisotopic (exact) mass is 389 g/mol. The molecule has 20 heavy (non-hydrogen) atoms. The van der Waals surface area contributed by atoms with E-state index in [9.17, 15) is 0 Å². The number of hydrogen-bond donors (Lipinski definition) is 0. The van der Waals surface area contributed by atoms with Crippen LogP contribution in [-0.4, -0.2) is 0 Å². The minimum atomic E-state index is 0.381. The Morgan fingerprint density at radius 2 is 1.85 bits per heavy atom. The fraction of sp³-hybridized carbons (Fsp3) is 0.0625. The molecule has 0 aliphatic carbocycles. The van der Waals surface area contributed by atoms with E-state index in [2.05, 4.69) is 37.9 Å². The molecular formula is C16H9Br2NO. The maximum atomic E-state index is 8.88. The first-order chi connectivity index (χ1) is 9.70. The average molecular weight is 391 g/mol. The van der Waals surface area contributed by atoms with E-state index in [1.165, 1.54) is 0 Å². The van der Waals surface area contributed by atoms with Gasteiger partial charge in [0.05, 0.1) is 17.0 Å². The SMILES string of the molecule is N#CCc1cc(Br)c2oc(Br)c(-c3ccccc3)c2c1. The second-order valence-corrected chi connectivity index (χ2v) is 5.98. The number of hydrogen-bond acceptors (Lipinski definition) is 2. The van der Waals surface area contributed by atoms with Gasteiger partial charge in [-0.05, 0) is 55.1 Å². The number of nitrogens with zero attached hydrogens (tertiary/aromatic N) is 1. The molecule has 0 spiro atoms. The number of fused-ring (bicyclic) bond motifs is 1. The molecule has 0 unspecified atom stereocenters. The molecule has 0 aliphatic rings. The summed E-state index contributed by atoms with van der Waals surface area (Å²) in [6, 6.07) is 16.2. The van der Waals surface area contributed by atoms with Crippen molar-refractivity contribution >= 4 is 42.8 Å². The van der Waals surface area contributed by atoms with E-state index in [1.54, 1.807) is 0 Å². The third kappa shape index (κ3) is 2.28. The minimum Gasteiger partial charge on any atom is -0.447 e. The molecule has 3 rings (SSSR count). The van der Waals surface area contributed by atoms with Gasteiger partial charge in [0, 0.05) is 10.9 Å². The van der Waals surface area contributed by atoms with Gasteiger partial charge in [-0.1, -0.05) is 30.3 Å². The second-order valence-electron chi connectivity index (χ2n) is 4.41. The van der Waals surface area contributed by atoms with E-state index in [0.29, 0.717) is 11.1 Å². The van der Waals surface area contributed by atoms with Crippen LogP contribution in [0.25, 0.3) is 22.1 Å². The molecular weight excluding hydrogens is 382 g/mol. The molecule has 98 valence electrons. The van der Waals surface area contributed by atoms with Gasteiger partial charge in [0.15, 0.2) is 4.67 Å². The Balaban J connectivity index is 2.32. The van der Waals surface area contributed by atoms with E-state index < -0.39 is 0 Å². The van der Waals surface area contributed by atoms with Crippen LogP contribution >= 0.6 is 31.9 Å². The molecule has 3 aromatic rings. The quantitative estimate of drug-likeness (QED) is 0.563. The van der Waals surface area contributed by atoms with Gasteiger partial charge in [-0.2, -0.15) is 5.26 Å². The summed E-state index contributed by atoms with van der Waals surface area (Å²) in [7, 11) is 0. The first-order valence-electron chi connectivity index (χ1n) is 6.03. The van der Waals surface area contributed by atoms with Gasteiger partial charge in [0.1, 0.15) is 5.58 Å². The smallest absolute Gasteiger partial charge is 0.178 e. The molecule has 0 aliphatic heterocycles. The van der Waals surface area contributed by atoms with Crippen molar-refractivity contribution in [3.05, 3.63) is 57.2 Å². The Morgan fingerprint density at radius 1 is 1.10 bits per heavy atom. The van der Waals surface area contributed by atoms with Crippen molar-refractivity contribution in [1.29, 1.82) is 5.26 Å². The van der Waals surface area contributed by atoms with Crippen molar-refractivity contribution in [2.24, 2.45) is 0 Å². The van der Waals surface area contributed by atoms with Crippen molar-refractivity contribution in [2.45, 2.75) is 6.42 Å². The lowest BCUT2D eigenvalue weighted by Gasteiger charge is -2.01. The van der Waals surface area contributed by atoms with E-state index in [1.807, 2.05) is 42.5 Å². The summed E-state index contributed by atoms with van der Waals surface area (Å²) in [5.74, 6) is 0. The highest BCUT2D eigenvalue weighted by atomic mass is 79.9. The molecule has 0 saturated carbocycles. The molecule has 0 bridgehead atoms. The normalized spacial score (nSPS) is 10.7. The third-order valence-electron chi connectivity index (χ3n) is 3.11. The van der Waals surface area contributed by atoms with Crippen molar-refractivity contribution in [3.8, 4) is 17.2 Å². The summed E-state index contributed by atoms with van der Waals surface area (Å²) in [4.78, 5) is 0. The summed E-state index contributed by atoms with van der Waals surface area (Å²) in [5.41, 5.74) is 3.86. The van der Waals surface area contributed by atoms with Crippen LogP contribution in [0.1, 0.15) is 5.56 Å². The molecule has 4 heteroatoms. The van der Waals surface area contributed by atoms with E-state index in [4.69, 9.17) is 9.68 Å². The number of furan rings is 1. The van der Waals surface area contributed by atoms with E-state index >= 15 is 0 Å². The fourth-order valence-electron chi connectivity index (χ4n) is 2.25. The first-order valence-corrected chi connectivity index (χ1v) is 7.62. The standard InChI is InChI=1S/C16H9Br2NO/c17-13-9-10(6-7-19)8-12-14(16(18)20-15(12)13)11-4-2-1-3-5-11/h1-5,8-9H,6H2. The van der Waals surface area contributed by atoms with Crippen LogP contribution in [-0.2, 0) is 6.42 Å². The molecule has 0 radical (unpaired) electrons. The Labute approximate surface area is 133 Å². The minimum absolute atomic E-state index is 0.381. The highest BCUT2D eigenvalue weighted by Gasteiger charge is 2.16. The zero-order chi connectivity index (χ0) is 14.1. The largest absolute Gasteiger partial charge is 0.447 e.